The molecular formula is C19H21N. The highest BCUT2D eigenvalue weighted by atomic mass is 14.9. The van der Waals surface area contributed by atoms with Crippen LogP contribution in [-0.4, -0.2) is 4.57 Å². The summed E-state index contributed by atoms with van der Waals surface area (Å²) in [5, 5.41) is 1.36. The summed E-state index contributed by atoms with van der Waals surface area (Å²) in [5.41, 5.74) is 6.74. The van der Waals surface area contributed by atoms with Crippen molar-refractivity contribution >= 4 is 10.9 Å². The van der Waals surface area contributed by atoms with Crippen molar-refractivity contribution in [3.8, 4) is 11.3 Å². The van der Waals surface area contributed by atoms with Gasteiger partial charge in [-0.1, -0.05) is 49.7 Å². The zero-order valence-electron chi connectivity index (χ0n) is 12.5. The van der Waals surface area contributed by atoms with Gasteiger partial charge in [0, 0.05) is 18.1 Å². The smallest absolute Gasteiger partial charge is 0.0512 e. The van der Waals surface area contributed by atoms with Gasteiger partial charge < -0.3 is 4.57 Å². The second kappa shape index (κ2) is 5.16. The van der Waals surface area contributed by atoms with Crippen molar-refractivity contribution in [2.45, 2.75) is 26.7 Å². The number of nitrogens with zero attached hydrogens (tertiary/aromatic N) is 1. The van der Waals surface area contributed by atoms with E-state index in [-0.39, 0.29) is 0 Å². The molecule has 1 nitrogen and oxygen atoms in total. The molecule has 0 amide bonds. The van der Waals surface area contributed by atoms with Gasteiger partial charge in [0.05, 0.1) is 5.52 Å². The van der Waals surface area contributed by atoms with Gasteiger partial charge in [-0.25, -0.2) is 0 Å². The number of rotatable bonds is 3. The number of hydrogen-bond acceptors (Lipinski definition) is 0. The van der Waals surface area contributed by atoms with Gasteiger partial charge in [0.15, 0.2) is 0 Å². The maximum absolute atomic E-state index is 2.35. The second-order valence-corrected chi connectivity index (χ2v) is 5.56. The lowest BCUT2D eigenvalue weighted by molar-refractivity contribution is 0.920. The maximum Gasteiger partial charge on any atom is 0.0512 e. The van der Waals surface area contributed by atoms with Gasteiger partial charge in [0.25, 0.3) is 0 Å². The summed E-state index contributed by atoms with van der Waals surface area (Å²) in [4.78, 5) is 0. The third-order valence-electron chi connectivity index (χ3n) is 3.99. The summed E-state index contributed by atoms with van der Waals surface area (Å²) in [7, 11) is 2.16. The van der Waals surface area contributed by atoms with Gasteiger partial charge in [-0.3, -0.25) is 0 Å². The first-order valence-corrected chi connectivity index (χ1v) is 7.35. The van der Waals surface area contributed by atoms with Crippen LogP contribution in [0.4, 0.5) is 0 Å². The van der Waals surface area contributed by atoms with Crippen LogP contribution in [0, 0.1) is 6.92 Å². The summed E-state index contributed by atoms with van der Waals surface area (Å²) < 4.78 is 2.32. The Morgan fingerprint density at radius 2 is 1.75 bits per heavy atom. The van der Waals surface area contributed by atoms with Crippen molar-refractivity contribution in [3.63, 3.8) is 0 Å². The van der Waals surface area contributed by atoms with E-state index in [4.69, 9.17) is 0 Å². The van der Waals surface area contributed by atoms with Crippen LogP contribution in [0.15, 0.2) is 48.5 Å². The summed E-state index contributed by atoms with van der Waals surface area (Å²) in [5.74, 6) is 0. The molecule has 0 saturated heterocycles. The maximum atomic E-state index is 2.35. The van der Waals surface area contributed by atoms with Crippen molar-refractivity contribution in [2.24, 2.45) is 7.05 Å². The third kappa shape index (κ3) is 2.14. The molecular weight excluding hydrogens is 242 g/mol. The fourth-order valence-corrected chi connectivity index (χ4v) is 3.14. The topological polar surface area (TPSA) is 4.93 Å². The predicted octanol–water partition coefficient (Wildman–Crippen LogP) is 5.11. The standard InChI is InChI=1S/C19H21N/c1-4-8-15-11-14(2)19-17(12-15)13-18(20(19)3)16-9-6-5-7-10-16/h5-7,9-13H,4,8H2,1-3H3. The molecule has 0 radical (unpaired) electrons. The van der Waals surface area contributed by atoms with Crippen LogP contribution in [0.1, 0.15) is 24.5 Å². The number of fused-ring (bicyclic) bond motifs is 1. The number of aromatic nitrogens is 1. The molecule has 0 saturated carbocycles. The van der Waals surface area contributed by atoms with Crippen LogP contribution in [0.3, 0.4) is 0 Å². The Kier molecular flexibility index (Phi) is 3.35. The zero-order valence-corrected chi connectivity index (χ0v) is 12.5. The molecule has 0 aliphatic carbocycles. The molecule has 0 N–H and O–H groups in total. The van der Waals surface area contributed by atoms with Crippen LogP contribution in [-0.2, 0) is 13.5 Å². The van der Waals surface area contributed by atoms with E-state index in [2.05, 4.69) is 74.0 Å². The monoisotopic (exact) mass is 263 g/mol. The SMILES string of the molecule is CCCc1cc(C)c2c(c1)cc(-c1ccccc1)n2C. The largest absolute Gasteiger partial charge is 0.343 e. The highest BCUT2D eigenvalue weighted by Gasteiger charge is 2.10. The highest BCUT2D eigenvalue weighted by Crippen LogP contribution is 2.30. The van der Waals surface area contributed by atoms with Crippen LogP contribution in [0.2, 0.25) is 0 Å². The van der Waals surface area contributed by atoms with Gasteiger partial charge in [0.2, 0.25) is 0 Å². The molecule has 20 heavy (non-hydrogen) atoms. The second-order valence-electron chi connectivity index (χ2n) is 5.56. The Balaban J connectivity index is 2.22. The Labute approximate surface area is 120 Å². The molecule has 0 aliphatic rings. The van der Waals surface area contributed by atoms with Crippen LogP contribution in [0.5, 0.6) is 0 Å². The van der Waals surface area contributed by atoms with Crippen molar-refractivity contribution in [1.29, 1.82) is 0 Å². The summed E-state index contributed by atoms with van der Waals surface area (Å²) in [6, 6.07) is 17.6. The average molecular weight is 263 g/mol. The van der Waals surface area contributed by atoms with E-state index in [0.717, 1.165) is 6.42 Å². The minimum atomic E-state index is 1.16. The summed E-state index contributed by atoms with van der Waals surface area (Å²) in [6.45, 7) is 4.45. The third-order valence-corrected chi connectivity index (χ3v) is 3.99. The van der Waals surface area contributed by atoms with Gasteiger partial charge in [-0.2, -0.15) is 0 Å². The van der Waals surface area contributed by atoms with Crippen LogP contribution in [0.25, 0.3) is 22.2 Å². The van der Waals surface area contributed by atoms with Gasteiger partial charge >= 0.3 is 0 Å². The number of aryl methyl sites for hydroxylation is 3. The van der Waals surface area contributed by atoms with E-state index in [1.54, 1.807) is 0 Å². The lowest BCUT2D eigenvalue weighted by atomic mass is 10.0. The molecule has 0 bridgehead atoms. The first kappa shape index (κ1) is 13.0. The quantitative estimate of drug-likeness (QED) is 0.619. The molecule has 0 spiro atoms. The Morgan fingerprint density at radius 1 is 1.00 bits per heavy atom. The average Bonchev–Trinajstić information content (AvgIpc) is 2.78. The minimum absolute atomic E-state index is 1.16. The minimum Gasteiger partial charge on any atom is -0.343 e. The normalized spacial score (nSPS) is 11.2. The van der Waals surface area contributed by atoms with Crippen molar-refractivity contribution in [3.05, 3.63) is 59.7 Å². The van der Waals surface area contributed by atoms with Crippen molar-refractivity contribution in [2.75, 3.05) is 0 Å². The van der Waals surface area contributed by atoms with E-state index in [1.807, 2.05) is 0 Å². The highest BCUT2D eigenvalue weighted by molar-refractivity contribution is 5.89. The molecule has 0 atom stereocenters. The molecule has 2 aromatic carbocycles. The Morgan fingerprint density at radius 3 is 2.45 bits per heavy atom. The van der Waals surface area contributed by atoms with E-state index in [0.29, 0.717) is 0 Å². The molecule has 3 rings (SSSR count). The molecule has 1 aromatic heterocycles. The fourth-order valence-electron chi connectivity index (χ4n) is 3.14. The first-order valence-electron chi connectivity index (χ1n) is 7.35. The Bertz CT molecular complexity index is 735. The molecule has 102 valence electrons. The number of hydrogen-bond donors (Lipinski definition) is 0. The molecule has 3 aromatic rings. The van der Waals surface area contributed by atoms with Crippen LogP contribution >= 0.6 is 0 Å². The van der Waals surface area contributed by atoms with E-state index >= 15 is 0 Å². The molecule has 1 heterocycles. The van der Waals surface area contributed by atoms with Gasteiger partial charge in [-0.05, 0) is 42.2 Å². The summed E-state index contributed by atoms with van der Waals surface area (Å²) >= 11 is 0. The zero-order chi connectivity index (χ0) is 14.1. The predicted molar refractivity (Wildman–Crippen MR) is 87.1 cm³/mol. The van der Waals surface area contributed by atoms with Gasteiger partial charge in [0.1, 0.15) is 0 Å². The molecule has 1 heteroatoms. The fraction of sp³-hybridized carbons (Fsp3) is 0.263. The van der Waals surface area contributed by atoms with Gasteiger partial charge in [-0.15, -0.1) is 0 Å². The van der Waals surface area contributed by atoms with E-state index in [1.165, 1.54) is 39.7 Å². The molecule has 0 aliphatic heterocycles. The number of benzene rings is 2. The van der Waals surface area contributed by atoms with Crippen LogP contribution < -0.4 is 0 Å². The Hall–Kier alpha value is -2.02. The molecule has 0 fully saturated rings. The molecule has 0 unspecified atom stereocenters. The van der Waals surface area contributed by atoms with Crippen molar-refractivity contribution in [1.82, 2.24) is 4.57 Å². The lowest BCUT2D eigenvalue weighted by Gasteiger charge is -2.07. The lowest BCUT2D eigenvalue weighted by Crippen LogP contribution is -1.94. The summed E-state index contributed by atoms with van der Waals surface area (Å²) in [6.07, 6.45) is 2.36. The van der Waals surface area contributed by atoms with Crippen molar-refractivity contribution < 1.29 is 0 Å². The van der Waals surface area contributed by atoms with E-state index < -0.39 is 0 Å². The first-order chi connectivity index (χ1) is 9.70. The van der Waals surface area contributed by atoms with E-state index in [9.17, 15) is 0 Å².